The molecule has 0 bridgehead atoms. The molecule has 0 aliphatic carbocycles. The summed E-state index contributed by atoms with van der Waals surface area (Å²) < 4.78 is 2.17. The van der Waals surface area contributed by atoms with Crippen molar-refractivity contribution >= 4 is 35.3 Å². The van der Waals surface area contributed by atoms with E-state index < -0.39 is 0 Å². The molecule has 1 atom stereocenters. The second-order valence-corrected chi connectivity index (χ2v) is 8.66. The lowest BCUT2D eigenvalue weighted by atomic mass is 10.0. The van der Waals surface area contributed by atoms with E-state index in [9.17, 15) is 0 Å². The summed E-state index contributed by atoms with van der Waals surface area (Å²) in [5, 5.41) is 10.4. The van der Waals surface area contributed by atoms with E-state index in [0.29, 0.717) is 22.5 Å². The van der Waals surface area contributed by atoms with Gasteiger partial charge in [0.05, 0.1) is 5.75 Å². The molecular weight excluding hydrogens is 420 g/mol. The minimum absolute atomic E-state index is 0.117. The quantitative estimate of drug-likeness (QED) is 0.345. The molecule has 0 amide bonds. The highest BCUT2D eigenvalue weighted by Gasteiger charge is 2.17. The van der Waals surface area contributed by atoms with Gasteiger partial charge in [-0.15, -0.1) is 10.2 Å². The van der Waals surface area contributed by atoms with Gasteiger partial charge in [-0.3, -0.25) is 0 Å². The van der Waals surface area contributed by atoms with E-state index in [4.69, 9.17) is 23.1 Å². The number of halogens is 1. The largest absolute Gasteiger partial charge is 0.368 e. The third-order valence-electron chi connectivity index (χ3n) is 4.66. The zero-order chi connectivity index (χ0) is 21.5. The van der Waals surface area contributed by atoms with Gasteiger partial charge >= 0.3 is 0 Å². The zero-order valence-electron chi connectivity index (χ0n) is 17.3. The molecule has 8 nitrogen and oxygen atoms in total. The number of thioether (sulfide) groups is 1. The summed E-state index contributed by atoms with van der Waals surface area (Å²) in [6.07, 6.45) is 4.85. The van der Waals surface area contributed by atoms with Crippen molar-refractivity contribution in [2.75, 3.05) is 11.5 Å². The minimum Gasteiger partial charge on any atom is -0.368 e. The normalized spacial score (nSPS) is 12.2. The zero-order valence-corrected chi connectivity index (χ0v) is 18.8. The van der Waals surface area contributed by atoms with Gasteiger partial charge in [0.1, 0.15) is 5.82 Å². The lowest BCUT2D eigenvalue weighted by Gasteiger charge is -2.16. The molecule has 0 spiro atoms. The summed E-state index contributed by atoms with van der Waals surface area (Å²) in [7, 11) is 0. The maximum Gasteiger partial charge on any atom is 0.225 e. The van der Waals surface area contributed by atoms with Crippen molar-refractivity contribution in [3.63, 3.8) is 0 Å². The molecule has 0 aliphatic rings. The van der Waals surface area contributed by atoms with E-state index in [1.165, 1.54) is 31.0 Å². The standard InChI is InChI=1S/C20H27ClN8S/c1-3-4-5-6-13(2)11-29-17(14-7-9-15(21)10-8-14)27-28-20(29)30-12-16-24-18(22)26-19(23)25-16/h7-10,13H,3-6,11-12H2,1-2H3,(H4,22,23,24,25,26)/t13-/m0/s1. The van der Waals surface area contributed by atoms with Crippen LogP contribution < -0.4 is 11.5 Å². The number of aromatic nitrogens is 6. The van der Waals surface area contributed by atoms with Crippen molar-refractivity contribution in [1.82, 2.24) is 29.7 Å². The molecule has 4 N–H and O–H groups in total. The maximum absolute atomic E-state index is 6.06. The lowest BCUT2D eigenvalue weighted by Crippen LogP contribution is -2.11. The van der Waals surface area contributed by atoms with Crippen LogP contribution in [0.4, 0.5) is 11.9 Å². The monoisotopic (exact) mass is 446 g/mol. The first-order chi connectivity index (χ1) is 14.5. The summed E-state index contributed by atoms with van der Waals surface area (Å²) in [5.41, 5.74) is 12.3. The van der Waals surface area contributed by atoms with Gasteiger partial charge in [0.15, 0.2) is 11.0 Å². The van der Waals surface area contributed by atoms with Crippen LogP contribution in [0.3, 0.4) is 0 Å². The summed E-state index contributed by atoms with van der Waals surface area (Å²) in [4.78, 5) is 12.1. The number of nitrogen functional groups attached to an aromatic ring is 2. The molecule has 0 unspecified atom stereocenters. The predicted molar refractivity (Wildman–Crippen MR) is 122 cm³/mol. The number of anilines is 2. The average molecular weight is 447 g/mol. The smallest absolute Gasteiger partial charge is 0.225 e. The van der Waals surface area contributed by atoms with Crippen molar-refractivity contribution in [2.45, 2.75) is 57.0 Å². The molecule has 0 saturated heterocycles. The Kier molecular flexibility index (Phi) is 7.87. The summed E-state index contributed by atoms with van der Waals surface area (Å²) in [6.45, 7) is 5.32. The molecule has 0 saturated carbocycles. The Labute approximate surface area is 185 Å². The van der Waals surface area contributed by atoms with Gasteiger partial charge in [0.2, 0.25) is 11.9 Å². The van der Waals surface area contributed by atoms with Gasteiger partial charge < -0.3 is 16.0 Å². The topological polar surface area (TPSA) is 121 Å². The van der Waals surface area contributed by atoms with Crippen LogP contribution in [0.1, 0.15) is 45.4 Å². The average Bonchev–Trinajstić information content (AvgIpc) is 3.09. The maximum atomic E-state index is 6.06. The highest BCUT2D eigenvalue weighted by Crippen LogP contribution is 2.28. The Hall–Kier alpha value is -2.39. The molecule has 10 heteroatoms. The predicted octanol–water partition coefficient (Wildman–Crippen LogP) is 4.46. The van der Waals surface area contributed by atoms with Crippen LogP contribution in [0.5, 0.6) is 0 Å². The van der Waals surface area contributed by atoms with Crippen LogP contribution in [0.15, 0.2) is 29.4 Å². The van der Waals surface area contributed by atoms with E-state index in [2.05, 4.69) is 43.6 Å². The van der Waals surface area contributed by atoms with Crippen molar-refractivity contribution in [1.29, 1.82) is 0 Å². The molecule has 0 aliphatic heterocycles. The Balaban J connectivity index is 1.83. The number of nitrogens with zero attached hydrogens (tertiary/aromatic N) is 6. The number of hydrogen-bond donors (Lipinski definition) is 2. The second-order valence-electron chi connectivity index (χ2n) is 7.28. The van der Waals surface area contributed by atoms with E-state index >= 15 is 0 Å². The molecule has 0 fully saturated rings. The van der Waals surface area contributed by atoms with Crippen molar-refractivity contribution in [2.24, 2.45) is 5.92 Å². The number of nitrogens with two attached hydrogens (primary N) is 2. The number of benzene rings is 1. The van der Waals surface area contributed by atoms with Gasteiger partial charge in [0, 0.05) is 17.1 Å². The van der Waals surface area contributed by atoms with Crippen LogP contribution in [0.25, 0.3) is 11.4 Å². The van der Waals surface area contributed by atoms with Crippen LogP contribution in [0.2, 0.25) is 5.02 Å². The van der Waals surface area contributed by atoms with Gasteiger partial charge in [-0.25, -0.2) is 0 Å². The van der Waals surface area contributed by atoms with Gasteiger partial charge in [-0.1, -0.05) is 56.5 Å². The summed E-state index contributed by atoms with van der Waals surface area (Å²) in [5.74, 6) is 2.55. The molecule has 160 valence electrons. The van der Waals surface area contributed by atoms with E-state index in [1.807, 2.05) is 24.3 Å². The second kappa shape index (κ2) is 10.6. The van der Waals surface area contributed by atoms with Crippen LogP contribution >= 0.6 is 23.4 Å². The van der Waals surface area contributed by atoms with Crippen molar-refractivity contribution in [3.8, 4) is 11.4 Å². The minimum atomic E-state index is 0.117. The number of unbranched alkanes of at least 4 members (excludes halogenated alkanes) is 2. The third kappa shape index (κ3) is 6.06. The molecule has 2 aromatic heterocycles. The van der Waals surface area contributed by atoms with Crippen LogP contribution in [-0.2, 0) is 12.3 Å². The molecule has 0 radical (unpaired) electrons. The molecule has 30 heavy (non-hydrogen) atoms. The SMILES string of the molecule is CCCCC[C@H](C)Cn1c(SCc2nc(N)nc(N)n2)nnc1-c1ccc(Cl)cc1. The van der Waals surface area contributed by atoms with E-state index in [-0.39, 0.29) is 11.9 Å². The molecule has 2 heterocycles. The first-order valence-corrected chi connectivity index (χ1v) is 11.4. The van der Waals surface area contributed by atoms with Crippen molar-refractivity contribution < 1.29 is 0 Å². The van der Waals surface area contributed by atoms with Crippen LogP contribution in [-0.4, -0.2) is 29.7 Å². The summed E-state index contributed by atoms with van der Waals surface area (Å²) in [6, 6.07) is 7.66. The first-order valence-electron chi connectivity index (χ1n) is 10.0. The Morgan fingerprint density at radius 2 is 1.73 bits per heavy atom. The lowest BCUT2D eigenvalue weighted by molar-refractivity contribution is 0.417. The van der Waals surface area contributed by atoms with Crippen molar-refractivity contribution in [3.05, 3.63) is 35.1 Å². The Bertz CT molecular complexity index is 940. The van der Waals surface area contributed by atoms with Gasteiger partial charge in [-0.2, -0.15) is 15.0 Å². The number of rotatable bonds is 10. The first kappa shape index (κ1) is 22.3. The molecule has 1 aromatic carbocycles. The highest BCUT2D eigenvalue weighted by molar-refractivity contribution is 7.98. The third-order valence-corrected chi connectivity index (χ3v) is 5.88. The van der Waals surface area contributed by atoms with Gasteiger partial charge in [0.25, 0.3) is 0 Å². The Morgan fingerprint density at radius 3 is 2.40 bits per heavy atom. The molecule has 3 aromatic rings. The summed E-state index contributed by atoms with van der Waals surface area (Å²) >= 11 is 7.56. The van der Waals surface area contributed by atoms with Gasteiger partial charge in [-0.05, 0) is 36.6 Å². The Morgan fingerprint density at radius 1 is 1.03 bits per heavy atom. The fourth-order valence-electron chi connectivity index (χ4n) is 3.17. The van der Waals surface area contributed by atoms with Crippen LogP contribution in [0, 0.1) is 5.92 Å². The molecular formula is C20H27ClN8S. The number of hydrogen-bond acceptors (Lipinski definition) is 8. The molecule has 3 rings (SSSR count). The van der Waals surface area contributed by atoms with E-state index in [0.717, 1.165) is 29.5 Å². The van der Waals surface area contributed by atoms with E-state index in [1.54, 1.807) is 0 Å². The fraction of sp³-hybridized carbons (Fsp3) is 0.450. The fourth-order valence-corrected chi connectivity index (χ4v) is 4.10. The highest BCUT2D eigenvalue weighted by atomic mass is 35.5.